The van der Waals surface area contributed by atoms with Crippen LogP contribution in [0.4, 0.5) is 0 Å². The van der Waals surface area contributed by atoms with Crippen LogP contribution in [-0.4, -0.2) is 158 Å². The highest BCUT2D eigenvalue weighted by atomic mass is 16.4. The fourth-order valence-electron chi connectivity index (χ4n) is 9.01. The Morgan fingerprint density at radius 1 is 0.753 bits per heavy atom. The molecule has 2 fully saturated rings. The molecule has 2 aliphatic rings. The number of carbonyl (C=O) groups is 9. The maximum atomic E-state index is 14.2. The number of nitrogens with two attached hydrogens (primary N) is 2. The Labute approximate surface area is 426 Å². The minimum Gasteiger partial charge on any atom is -0.508 e. The number of imidazole rings is 1. The Morgan fingerprint density at radius 2 is 1.38 bits per heavy atom. The molecule has 23 nitrogen and oxygen atoms in total. The number of carbonyl (C=O) groups excluding carboxylic acids is 8. The summed E-state index contributed by atoms with van der Waals surface area (Å²) in [5.41, 5.74) is 13.1. The number of hydrogen-bond donors (Lipinski definition) is 11. The number of rotatable bonds is 28. The van der Waals surface area contributed by atoms with Crippen molar-refractivity contribution < 1.29 is 53.4 Å². The summed E-state index contributed by atoms with van der Waals surface area (Å²) in [7, 11) is 0. The summed E-state index contributed by atoms with van der Waals surface area (Å²) in [5.74, 6) is -7.07. The molecule has 0 saturated carbocycles. The number of carboxylic acids is 1. The van der Waals surface area contributed by atoms with Crippen LogP contribution in [0.25, 0.3) is 0 Å². The van der Waals surface area contributed by atoms with Gasteiger partial charge in [-0.15, -0.1) is 0 Å². The van der Waals surface area contributed by atoms with E-state index in [9.17, 15) is 53.4 Å². The Balaban J connectivity index is 1.44. The number of aromatic hydroxyl groups is 1. The van der Waals surface area contributed by atoms with E-state index in [1.807, 2.05) is 20.8 Å². The molecule has 1 aromatic carbocycles. The number of unbranched alkanes of at least 4 members (excludes halogenated alkanes) is 1. The highest BCUT2D eigenvalue weighted by Gasteiger charge is 2.41. The Morgan fingerprint density at radius 3 is 1.97 bits per heavy atom. The van der Waals surface area contributed by atoms with Gasteiger partial charge in [-0.2, -0.15) is 0 Å². The fraction of sp³-hybridized carbons (Fsp3) is 0.640. The lowest BCUT2D eigenvalue weighted by Gasteiger charge is -2.31. The molecule has 0 aliphatic carbocycles. The average Bonchev–Trinajstić information content (AvgIpc) is 4.17. The van der Waals surface area contributed by atoms with Gasteiger partial charge >= 0.3 is 5.97 Å². The molecule has 0 spiro atoms. The lowest BCUT2D eigenvalue weighted by Crippen LogP contribution is -2.59. The molecule has 3 heterocycles. The number of carboxylic acid groups (broad SMARTS) is 1. The number of phenolic OH excluding ortho intramolecular Hbond substituents is 1. The quantitative estimate of drug-likeness (QED) is 0.0489. The van der Waals surface area contributed by atoms with Crippen LogP contribution in [0.5, 0.6) is 5.75 Å². The molecule has 0 bridgehead atoms. The van der Waals surface area contributed by atoms with Gasteiger partial charge in [0.1, 0.15) is 48.0 Å². The van der Waals surface area contributed by atoms with E-state index < -0.39 is 114 Å². The Kier molecular flexibility index (Phi) is 23.1. The summed E-state index contributed by atoms with van der Waals surface area (Å²) in [6, 6.07) is -2.71. The van der Waals surface area contributed by atoms with Crippen LogP contribution >= 0.6 is 0 Å². The summed E-state index contributed by atoms with van der Waals surface area (Å²) in [5, 5.41) is 35.9. The van der Waals surface area contributed by atoms with Gasteiger partial charge in [0, 0.05) is 37.8 Å². The second-order valence-electron chi connectivity index (χ2n) is 19.9. The first-order valence-electron chi connectivity index (χ1n) is 25.5. The molecule has 404 valence electrons. The molecule has 13 N–H and O–H groups in total. The van der Waals surface area contributed by atoms with Crippen LogP contribution in [0.15, 0.2) is 36.8 Å². The summed E-state index contributed by atoms with van der Waals surface area (Å²) < 4.78 is 0. The number of H-pyrrole nitrogens is 1. The zero-order chi connectivity index (χ0) is 53.9. The lowest BCUT2D eigenvalue weighted by atomic mass is 9.98. The topological polar surface area (TPSA) is 353 Å². The predicted octanol–water partition coefficient (Wildman–Crippen LogP) is -0.288. The van der Waals surface area contributed by atoms with Gasteiger partial charge in [-0.3, -0.25) is 38.4 Å². The zero-order valence-electron chi connectivity index (χ0n) is 43.0. The SMILES string of the molecule is CC[C@H](C)[C@H](NC(=O)[C@@H]1CCCN1C(=O)[C@H](CCCCN)NC(=O)[C@H](CC(C)C)NC(=O)[C@@H]1CCCN1C(=O)CNC(=O)[C@H](Cc1ccc(O)cc1)NC(=O)[C@@H](NC(=O)[C@@H](N)Cc1cnc[nH]1)C(C)C)C(=O)O. The van der Waals surface area contributed by atoms with E-state index in [-0.39, 0.29) is 62.8 Å². The second-order valence-corrected chi connectivity index (χ2v) is 19.9. The number of likely N-dealkylation sites (tertiary alicyclic amines) is 2. The third-order valence-corrected chi connectivity index (χ3v) is 13.4. The molecule has 73 heavy (non-hydrogen) atoms. The first kappa shape index (κ1) is 58.9. The molecule has 2 saturated heterocycles. The highest BCUT2D eigenvalue weighted by molar-refractivity contribution is 5.98. The van der Waals surface area contributed by atoms with Crippen LogP contribution in [-0.2, 0) is 56.0 Å². The molecule has 4 rings (SSSR count). The first-order chi connectivity index (χ1) is 34.6. The summed E-state index contributed by atoms with van der Waals surface area (Å²) in [6.07, 6.45) is 6.43. The average molecular weight is 1020 g/mol. The van der Waals surface area contributed by atoms with Crippen molar-refractivity contribution in [1.82, 2.24) is 51.7 Å². The van der Waals surface area contributed by atoms with E-state index in [4.69, 9.17) is 11.5 Å². The summed E-state index contributed by atoms with van der Waals surface area (Å²) in [4.78, 5) is 132. The predicted molar refractivity (Wildman–Crippen MR) is 269 cm³/mol. The van der Waals surface area contributed by atoms with Crippen molar-refractivity contribution in [2.45, 2.75) is 161 Å². The fourth-order valence-corrected chi connectivity index (χ4v) is 9.01. The zero-order valence-corrected chi connectivity index (χ0v) is 43.0. The number of aromatic amines is 1. The van der Waals surface area contributed by atoms with Crippen LogP contribution in [0.1, 0.15) is 111 Å². The van der Waals surface area contributed by atoms with Crippen molar-refractivity contribution in [1.29, 1.82) is 0 Å². The number of benzene rings is 1. The van der Waals surface area contributed by atoms with Crippen LogP contribution < -0.4 is 43.4 Å². The normalized spacial score (nSPS) is 18.4. The molecule has 8 amide bonds. The Bertz CT molecular complexity index is 2190. The van der Waals surface area contributed by atoms with Gasteiger partial charge in [-0.05, 0) is 93.4 Å². The van der Waals surface area contributed by atoms with E-state index in [0.717, 1.165) is 0 Å². The van der Waals surface area contributed by atoms with Crippen LogP contribution in [0.2, 0.25) is 0 Å². The third kappa shape index (κ3) is 17.5. The van der Waals surface area contributed by atoms with E-state index in [1.54, 1.807) is 32.9 Å². The maximum absolute atomic E-state index is 14.2. The van der Waals surface area contributed by atoms with Gasteiger partial charge in [-0.1, -0.05) is 60.1 Å². The molecule has 0 unspecified atom stereocenters. The van der Waals surface area contributed by atoms with Crippen LogP contribution in [0, 0.1) is 17.8 Å². The highest BCUT2D eigenvalue weighted by Crippen LogP contribution is 2.23. The van der Waals surface area contributed by atoms with Gasteiger partial charge in [0.15, 0.2) is 0 Å². The molecule has 2 aromatic rings. The number of nitrogens with zero attached hydrogens (tertiary/aromatic N) is 3. The van der Waals surface area contributed by atoms with E-state index in [0.29, 0.717) is 56.3 Å². The molecule has 23 heteroatoms. The van der Waals surface area contributed by atoms with Crippen LogP contribution in [0.3, 0.4) is 0 Å². The number of aliphatic carboxylic acids is 1. The first-order valence-corrected chi connectivity index (χ1v) is 25.5. The summed E-state index contributed by atoms with van der Waals surface area (Å²) in [6.45, 7) is 10.9. The summed E-state index contributed by atoms with van der Waals surface area (Å²) >= 11 is 0. The molecule has 1 aromatic heterocycles. The van der Waals surface area contributed by atoms with Gasteiger partial charge in [-0.25, -0.2) is 9.78 Å². The molecular formula is C50H78N12O11. The van der Waals surface area contributed by atoms with Crippen molar-refractivity contribution >= 4 is 53.2 Å². The number of aromatic nitrogens is 2. The van der Waals surface area contributed by atoms with Crippen molar-refractivity contribution in [2.75, 3.05) is 26.2 Å². The van der Waals surface area contributed by atoms with Gasteiger partial charge < -0.3 is 68.4 Å². The Hall–Kier alpha value is -6.62. The van der Waals surface area contributed by atoms with Gasteiger partial charge in [0.05, 0.1) is 18.9 Å². The molecule has 2 aliphatic heterocycles. The smallest absolute Gasteiger partial charge is 0.326 e. The number of nitrogens with one attached hydrogen (secondary N) is 7. The number of amides is 8. The monoisotopic (exact) mass is 1020 g/mol. The third-order valence-electron chi connectivity index (χ3n) is 13.4. The molecular weight excluding hydrogens is 945 g/mol. The van der Waals surface area contributed by atoms with Crippen molar-refractivity contribution in [2.24, 2.45) is 29.2 Å². The standard InChI is InChI=1S/C50H78N12O11/c1-7-30(6)42(50(72)73)60-47(69)39-14-11-21-62(39)49(71)35(12-8-9-19-51)56-45(67)36(22-28(2)3)57-46(68)38-13-10-20-61(38)40(64)26-54-44(66)37(23-31-15-17-33(63)18-16-31)58-48(70)41(29(4)5)59-43(65)34(52)24-32-25-53-27-55-32/h15-18,25,27-30,34-39,41-42,63H,7-14,19-24,26,51-52H2,1-6H3,(H,53,55)(H,54,66)(H,56,67)(H,57,68)(H,58,70)(H,59,65)(H,60,69)(H,72,73)/t30-,34-,35-,36-,37-,38-,39-,41-,42-/m0/s1. The molecule has 0 radical (unpaired) electrons. The van der Waals surface area contributed by atoms with Crippen molar-refractivity contribution in [3.8, 4) is 5.75 Å². The van der Waals surface area contributed by atoms with Crippen molar-refractivity contribution in [3.63, 3.8) is 0 Å². The maximum Gasteiger partial charge on any atom is 0.326 e. The lowest BCUT2D eigenvalue weighted by molar-refractivity contribution is -0.146. The largest absolute Gasteiger partial charge is 0.508 e. The van der Waals surface area contributed by atoms with E-state index in [2.05, 4.69) is 41.9 Å². The minimum absolute atomic E-state index is 0.0169. The number of hydrogen-bond acceptors (Lipinski definition) is 13. The van der Waals surface area contributed by atoms with Crippen molar-refractivity contribution in [3.05, 3.63) is 48.0 Å². The van der Waals surface area contributed by atoms with Gasteiger partial charge in [0.2, 0.25) is 47.3 Å². The number of phenols is 1. The van der Waals surface area contributed by atoms with E-state index in [1.165, 1.54) is 34.5 Å². The molecule has 9 atom stereocenters. The second kappa shape index (κ2) is 28.6. The van der Waals surface area contributed by atoms with Gasteiger partial charge in [0.25, 0.3) is 0 Å². The minimum atomic E-state index is -1.26. The van der Waals surface area contributed by atoms with E-state index >= 15 is 0 Å².